The van der Waals surface area contributed by atoms with E-state index >= 15 is 0 Å². The average molecular weight is 383 g/mol. The summed E-state index contributed by atoms with van der Waals surface area (Å²) in [5.74, 6) is -1.10. The molecule has 0 saturated carbocycles. The largest absolute Gasteiger partial charge is 0.480 e. The zero-order chi connectivity index (χ0) is 20.2. The maximum absolute atomic E-state index is 11.9. The van der Waals surface area contributed by atoms with Gasteiger partial charge in [0, 0.05) is 6.42 Å². The predicted molar refractivity (Wildman–Crippen MR) is 113 cm³/mol. The van der Waals surface area contributed by atoms with Crippen LogP contribution in [0.4, 0.5) is 0 Å². The quantitative estimate of drug-likeness (QED) is 0.218. The summed E-state index contributed by atoms with van der Waals surface area (Å²) in [4.78, 5) is 23.1. The minimum atomic E-state index is -0.957. The second kappa shape index (κ2) is 19.4. The Morgan fingerprint density at radius 3 is 2.04 bits per heavy atom. The molecule has 0 bridgehead atoms. The predicted octanol–water partition coefficient (Wildman–Crippen LogP) is 4.94. The number of carbonyl (C=O) groups excluding carboxylic acids is 1. The Hall–Kier alpha value is -1.36. The van der Waals surface area contributed by atoms with E-state index in [-0.39, 0.29) is 5.91 Å². The molecule has 0 aliphatic carbocycles. The average Bonchev–Trinajstić information content (AvgIpc) is 2.64. The van der Waals surface area contributed by atoms with Crippen molar-refractivity contribution in [1.82, 2.24) is 5.32 Å². The number of allylic oxidation sites excluding steroid dienone is 2. The number of amides is 1. The van der Waals surface area contributed by atoms with Gasteiger partial charge < -0.3 is 16.2 Å². The molecule has 5 nitrogen and oxygen atoms in total. The van der Waals surface area contributed by atoms with Crippen molar-refractivity contribution in [3.05, 3.63) is 12.2 Å². The third-order valence-electron chi connectivity index (χ3n) is 4.76. The molecule has 0 rings (SSSR count). The van der Waals surface area contributed by atoms with Gasteiger partial charge in [-0.1, -0.05) is 64.0 Å². The summed E-state index contributed by atoms with van der Waals surface area (Å²) in [5, 5.41) is 11.8. The first-order valence-electron chi connectivity index (χ1n) is 11.0. The molecular weight excluding hydrogens is 340 g/mol. The maximum atomic E-state index is 11.9. The van der Waals surface area contributed by atoms with Crippen molar-refractivity contribution in [3.63, 3.8) is 0 Å². The van der Waals surface area contributed by atoms with Crippen LogP contribution in [-0.2, 0) is 9.59 Å². The molecule has 0 aromatic carbocycles. The van der Waals surface area contributed by atoms with E-state index < -0.39 is 12.0 Å². The zero-order valence-electron chi connectivity index (χ0n) is 17.4. The van der Waals surface area contributed by atoms with E-state index in [1.165, 1.54) is 44.9 Å². The van der Waals surface area contributed by atoms with E-state index in [2.05, 4.69) is 24.4 Å². The molecular formula is C22H42N2O3. The van der Waals surface area contributed by atoms with E-state index in [1.54, 1.807) is 0 Å². The van der Waals surface area contributed by atoms with Gasteiger partial charge in [0.25, 0.3) is 0 Å². The molecule has 1 amide bonds. The van der Waals surface area contributed by atoms with Crippen LogP contribution >= 0.6 is 0 Å². The molecule has 0 heterocycles. The van der Waals surface area contributed by atoms with Crippen molar-refractivity contribution in [3.8, 4) is 0 Å². The second-order valence-corrected chi connectivity index (χ2v) is 7.34. The van der Waals surface area contributed by atoms with Gasteiger partial charge in [-0.15, -0.1) is 0 Å². The van der Waals surface area contributed by atoms with Gasteiger partial charge in [0.2, 0.25) is 5.91 Å². The summed E-state index contributed by atoms with van der Waals surface area (Å²) in [6.07, 6.45) is 20.1. The molecule has 4 N–H and O–H groups in total. The van der Waals surface area contributed by atoms with Gasteiger partial charge in [-0.05, 0) is 51.5 Å². The fraction of sp³-hybridized carbons (Fsp3) is 0.818. The number of hydrogen-bond acceptors (Lipinski definition) is 3. The first-order chi connectivity index (χ1) is 13.1. The Kier molecular flexibility index (Phi) is 18.4. The molecule has 0 radical (unpaired) electrons. The highest BCUT2D eigenvalue weighted by molar-refractivity contribution is 5.83. The Labute approximate surface area is 166 Å². The van der Waals surface area contributed by atoms with Crippen molar-refractivity contribution in [2.24, 2.45) is 5.73 Å². The van der Waals surface area contributed by atoms with Crippen LogP contribution in [0.1, 0.15) is 103 Å². The lowest BCUT2D eigenvalue weighted by Crippen LogP contribution is -2.40. The standard InChI is InChI=1S/C22H42N2O3/c1-2-3-4-5-6-7-8-9-10-11-12-13-14-18-21(25)24-20(22(26)27)17-15-16-19-23/h3-4,20H,2,5-19,23H2,1H3,(H,24,25)(H,26,27)/b4-3-/t20-/m0/s1. The van der Waals surface area contributed by atoms with Crippen LogP contribution < -0.4 is 11.1 Å². The number of nitrogens with one attached hydrogen (secondary N) is 1. The highest BCUT2D eigenvalue weighted by Gasteiger charge is 2.18. The molecule has 1 atom stereocenters. The molecule has 0 spiro atoms. The fourth-order valence-corrected chi connectivity index (χ4v) is 3.09. The van der Waals surface area contributed by atoms with Crippen molar-refractivity contribution >= 4 is 11.9 Å². The Morgan fingerprint density at radius 2 is 1.48 bits per heavy atom. The van der Waals surface area contributed by atoms with Gasteiger partial charge in [0.1, 0.15) is 6.04 Å². The second-order valence-electron chi connectivity index (χ2n) is 7.34. The van der Waals surface area contributed by atoms with Crippen molar-refractivity contribution in [2.75, 3.05) is 6.54 Å². The Bertz CT molecular complexity index is 397. The molecule has 0 aliphatic rings. The maximum Gasteiger partial charge on any atom is 0.326 e. The molecule has 0 saturated heterocycles. The fourth-order valence-electron chi connectivity index (χ4n) is 3.09. The Balaban J connectivity index is 3.51. The smallest absolute Gasteiger partial charge is 0.326 e. The summed E-state index contributed by atoms with van der Waals surface area (Å²) in [6.45, 7) is 2.72. The van der Waals surface area contributed by atoms with Crippen molar-refractivity contribution in [1.29, 1.82) is 0 Å². The number of aliphatic carboxylic acids is 1. The number of carboxylic acids is 1. The van der Waals surface area contributed by atoms with Crippen LogP contribution in [-0.4, -0.2) is 29.6 Å². The summed E-state index contributed by atoms with van der Waals surface area (Å²) in [5.41, 5.74) is 5.42. The van der Waals surface area contributed by atoms with Crippen LogP contribution in [0.3, 0.4) is 0 Å². The Morgan fingerprint density at radius 1 is 0.889 bits per heavy atom. The molecule has 0 aromatic heterocycles. The van der Waals surface area contributed by atoms with Gasteiger partial charge in [0.15, 0.2) is 0 Å². The third-order valence-corrected chi connectivity index (χ3v) is 4.76. The SMILES string of the molecule is CC/C=C\CCCCCCCCCCCC(=O)N[C@@H](CCCCN)C(=O)O. The van der Waals surface area contributed by atoms with Crippen LogP contribution in [0.2, 0.25) is 0 Å². The highest BCUT2D eigenvalue weighted by Crippen LogP contribution is 2.12. The normalized spacial score (nSPS) is 12.4. The molecule has 158 valence electrons. The molecule has 0 fully saturated rings. The van der Waals surface area contributed by atoms with Gasteiger partial charge in [-0.2, -0.15) is 0 Å². The van der Waals surface area contributed by atoms with Crippen LogP contribution in [0, 0.1) is 0 Å². The molecule has 0 aromatic rings. The minimum absolute atomic E-state index is 0.146. The first kappa shape index (κ1) is 25.6. The number of unbranched alkanes of at least 4 members (excludes halogenated alkanes) is 10. The summed E-state index contributed by atoms with van der Waals surface area (Å²) < 4.78 is 0. The van der Waals surface area contributed by atoms with E-state index in [9.17, 15) is 9.59 Å². The van der Waals surface area contributed by atoms with E-state index in [0.717, 1.165) is 38.5 Å². The number of carbonyl (C=O) groups is 2. The van der Waals surface area contributed by atoms with E-state index in [4.69, 9.17) is 10.8 Å². The summed E-state index contributed by atoms with van der Waals surface area (Å²) in [6, 6.07) is -0.776. The van der Waals surface area contributed by atoms with Crippen molar-refractivity contribution < 1.29 is 14.7 Å². The topological polar surface area (TPSA) is 92.4 Å². The lowest BCUT2D eigenvalue weighted by atomic mass is 10.1. The first-order valence-corrected chi connectivity index (χ1v) is 11.0. The number of carboxylic acid groups (broad SMARTS) is 1. The molecule has 27 heavy (non-hydrogen) atoms. The van der Waals surface area contributed by atoms with Gasteiger partial charge in [-0.3, -0.25) is 4.79 Å². The van der Waals surface area contributed by atoms with Gasteiger partial charge >= 0.3 is 5.97 Å². The summed E-state index contributed by atoms with van der Waals surface area (Å²) >= 11 is 0. The molecule has 0 aliphatic heterocycles. The van der Waals surface area contributed by atoms with Crippen LogP contribution in [0.25, 0.3) is 0 Å². The number of nitrogens with two attached hydrogens (primary N) is 1. The monoisotopic (exact) mass is 382 g/mol. The van der Waals surface area contributed by atoms with E-state index in [1.807, 2.05) is 0 Å². The third kappa shape index (κ3) is 17.8. The molecule has 5 heteroatoms. The zero-order valence-corrected chi connectivity index (χ0v) is 17.4. The summed E-state index contributed by atoms with van der Waals surface area (Å²) in [7, 11) is 0. The van der Waals surface area contributed by atoms with E-state index in [0.29, 0.717) is 19.4 Å². The van der Waals surface area contributed by atoms with Gasteiger partial charge in [-0.25, -0.2) is 4.79 Å². The lowest BCUT2D eigenvalue weighted by molar-refractivity contribution is -0.142. The van der Waals surface area contributed by atoms with Crippen LogP contribution in [0.5, 0.6) is 0 Å². The van der Waals surface area contributed by atoms with Crippen molar-refractivity contribution in [2.45, 2.75) is 109 Å². The highest BCUT2D eigenvalue weighted by atomic mass is 16.4. The lowest BCUT2D eigenvalue weighted by Gasteiger charge is -2.14. The number of hydrogen-bond donors (Lipinski definition) is 3. The number of rotatable bonds is 19. The minimum Gasteiger partial charge on any atom is -0.480 e. The molecule has 0 unspecified atom stereocenters. The van der Waals surface area contributed by atoms with Crippen LogP contribution in [0.15, 0.2) is 12.2 Å². The van der Waals surface area contributed by atoms with Gasteiger partial charge in [0.05, 0.1) is 0 Å².